The van der Waals surface area contributed by atoms with Gasteiger partial charge in [-0.1, -0.05) is 60.2 Å². The van der Waals surface area contributed by atoms with E-state index in [9.17, 15) is 4.79 Å². The molecule has 34 heavy (non-hydrogen) atoms. The van der Waals surface area contributed by atoms with Crippen LogP contribution in [0.5, 0.6) is 0 Å². The Labute approximate surface area is 204 Å². The molecule has 6 nitrogen and oxygen atoms in total. The number of thiazole rings is 1. The molecule has 0 aliphatic carbocycles. The summed E-state index contributed by atoms with van der Waals surface area (Å²) in [6.07, 6.45) is 2.93. The highest BCUT2D eigenvalue weighted by Crippen LogP contribution is 2.34. The Morgan fingerprint density at radius 3 is 2.56 bits per heavy atom. The van der Waals surface area contributed by atoms with Gasteiger partial charge in [0.2, 0.25) is 5.91 Å². The Kier molecular flexibility index (Phi) is 6.37. The number of carbonyl (C=O) groups is 1. The molecule has 7 heteroatoms. The molecule has 1 saturated heterocycles. The number of amides is 1. The van der Waals surface area contributed by atoms with E-state index in [-0.39, 0.29) is 11.8 Å². The molecule has 0 radical (unpaired) electrons. The molecule has 1 amide bonds. The molecule has 1 fully saturated rings. The highest BCUT2D eigenvalue weighted by atomic mass is 32.1. The van der Waals surface area contributed by atoms with Crippen LogP contribution in [0.3, 0.4) is 0 Å². The summed E-state index contributed by atoms with van der Waals surface area (Å²) in [7, 11) is 0. The fourth-order valence-electron chi connectivity index (χ4n) is 4.52. The van der Waals surface area contributed by atoms with E-state index in [1.54, 1.807) is 11.3 Å². The van der Waals surface area contributed by atoms with E-state index in [1.165, 1.54) is 11.1 Å². The van der Waals surface area contributed by atoms with Crippen LogP contribution in [0.4, 0.5) is 5.13 Å². The highest BCUT2D eigenvalue weighted by molar-refractivity contribution is 7.22. The Bertz CT molecular complexity index is 1290. The normalized spacial score (nSPS) is 16.2. The molecule has 3 heterocycles. The minimum Gasteiger partial charge on any atom is -0.352 e. The molecule has 2 aromatic heterocycles. The average Bonchev–Trinajstić information content (AvgIpc) is 3.44. The second kappa shape index (κ2) is 9.58. The molecule has 2 aromatic carbocycles. The summed E-state index contributed by atoms with van der Waals surface area (Å²) in [5.74, 6) is 0.109. The third-order valence-corrected chi connectivity index (χ3v) is 7.83. The van der Waals surface area contributed by atoms with Gasteiger partial charge in [-0.25, -0.2) is 4.68 Å². The van der Waals surface area contributed by atoms with Crippen LogP contribution in [-0.2, 0) is 17.8 Å². The molecule has 1 aliphatic heterocycles. The second-order valence-corrected chi connectivity index (χ2v) is 10.1. The number of piperidine rings is 1. The fourth-order valence-corrected chi connectivity index (χ4v) is 5.54. The number of hydrogen-bond donors (Lipinski definition) is 1. The van der Waals surface area contributed by atoms with Crippen molar-refractivity contribution in [2.24, 2.45) is 5.92 Å². The molecule has 4 aromatic rings. The molecule has 0 unspecified atom stereocenters. The molecule has 176 valence electrons. The van der Waals surface area contributed by atoms with Gasteiger partial charge in [-0.2, -0.15) is 10.1 Å². The van der Waals surface area contributed by atoms with Crippen molar-refractivity contribution in [3.05, 3.63) is 70.9 Å². The first kappa shape index (κ1) is 22.6. The summed E-state index contributed by atoms with van der Waals surface area (Å²) in [6, 6.07) is 16.8. The molecule has 0 spiro atoms. The Balaban J connectivity index is 1.29. The van der Waals surface area contributed by atoms with Gasteiger partial charge in [0, 0.05) is 19.6 Å². The molecular weight excluding hydrogens is 442 g/mol. The Morgan fingerprint density at radius 1 is 1.09 bits per heavy atom. The maximum absolute atomic E-state index is 12.9. The third-order valence-electron chi connectivity index (χ3n) is 6.62. The fraction of sp³-hybridized carbons (Fsp3) is 0.370. The van der Waals surface area contributed by atoms with Crippen molar-refractivity contribution in [2.75, 3.05) is 18.0 Å². The van der Waals surface area contributed by atoms with Crippen LogP contribution in [0.25, 0.3) is 16.0 Å². The maximum Gasteiger partial charge on any atom is 0.225 e. The Hall–Kier alpha value is -3.19. The second-order valence-electron chi connectivity index (χ2n) is 9.15. The molecule has 0 saturated carbocycles. The predicted molar refractivity (Wildman–Crippen MR) is 139 cm³/mol. The molecular formula is C27H31N5OS. The lowest BCUT2D eigenvalue weighted by Gasteiger charge is -2.31. The van der Waals surface area contributed by atoms with Gasteiger partial charge >= 0.3 is 0 Å². The van der Waals surface area contributed by atoms with Crippen molar-refractivity contribution in [1.82, 2.24) is 20.1 Å². The van der Waals surface area contributed by atoms with Crippen molar-refractivity contribution >= 4 is 32.7 Å². The zero-order chi connectivity index (χ0) is 23.7. The van der Waals surface area contributed by atoms with Crippen molar-refractivity contribution in [1.29, 1.82) is 0 Å². The van der Waals surface area contributed by atoms with E-state index in [0.29, 0.717) is 13.1 Å². The lowest BCUT2D eigenvalue weighted by atomic mass is 9.97. The van der Waals surface area contributed by atoms with Gasteiger partial charge in [0.15, 0.2) is 10.8 Å². The standard InChI is InChI=1S/C27H31N5OS/c1-4-20-9-11-21(12-10-20)16-28-26(33)22-6-5-15-31(17-22)27-29-25-24(34-27)19(3)30-32(25)23-13-7-18(2)8-14-23/h7-14,22H,4-6,15-17H2,1-3H3,(H,28,33)/t22-/m1/s1. The summed E-state index contributed by atoms with van der Waals surface area (Å²) in [4.78, 5) is 20.2. The summed E-state index contributed by atoms with van der Waals surface area (Å²) in [5, 5.41) is 8.85. The summed E-state index contributed by atoms with van der Waals surface area (Å²) in [5.41, 5.74) is 6.57. The number of aryl methyl sites for hydroxylation is 3. The third kappa shape index (κ3) is 4.57. The molecule has 5 rings (SSSR count). The topological polar surface area (TPSA) is 63.1 Å². The van der Waals surface area contributed by atoms with Crippen LogP contribution in [-0.4, -0.2) is 33.8 Å². The number of nitrogens with one attached hydrogen (secondary N) is 1. The van der Waals surface area contributed by atoms with E-state index >= 15 is 0 Å². The number of rotatable bonds is 6. The first-order valence-corrected chi connectivity index (χ1v) is 12.9. The van der Waals surface area contributed by atoms with Crippen molar-refractivity contribution in [2.45, 2.75) is 46.6 Å². The summed E-state index contributed by atoms with van der Waals surface area (Å²) >= 11 is 1.68. The van der Waals surface area contributed by atoms with Crippen molar-refractivity contribution in [3.63, 3.8) is 0 Å². The van der Waals surface area contributed by atoms with Gasteiger partial charge in [-0.15, -0.1) is 0 Å². The minimum atomic E-state index is -0.0228. The minimum absolute atomic E-state index is 0.0228. The number of benzene rings is 2. The number of anilines is 1. The van der Waals surface area contributed by atoms with E-state index < -0.39 is 0 Å². The summed E-state index contributed by atoms with van der Waals surface area (Å²) in [6.45, 7) is 8.47. The SMILES string of the molecule is CCc1ccc(CNC(=O)[C@@H]2CCCN(c3nc4c(s3)c(C)nn4-c3ccc(C)cc3)C2)cc1. The molecule has 1 atom stereocenters. The van der Waals surface area contributed by atoms with Crippen molar-refractivity contribution < 1.29 is 4.79 Å². The zero-order valence-electron chi connectivity index (χ0n) is 20.0. The monoisotopic (exact) mass is 473 g/mol. The lowest BCUT2D eigenvalue weighted by Crippen LogP contribution is -2.43. The Morgan fingerprint density at radius 2 is 1.82 bits per heavy atom. The van der Waals surface area contributed by atoms with E-state index in [1.807, 2.05) is 11.6 Å². The van der Waals surface area contributed by atoms with Crippen LogP contribution in [0.2, 0.25) is 0 Å². The van der Waals surface area contributed by atoms with Gasteiger partial charge < -0.3 is 10.2 Å². The number of aromatic nitrogens is 3. The number of hydrogen-bond acceptors (Lipinski definition) is 5. The van der Waals surface area contributed by atoms with Crippen LogP contribution in [0.15, 0.2) is 48.5 Å². The first-order chi connectivity index (χ1) is 16.5. The van der Waals surface area contributed by atoms with E-state index in [4.69, 9.17) is 10.1 Å². The van der Waals surface area contributed by atoms with Crippen LogP contribution in [0, 0.1) is 19.8 Å². The van der Waals surface area contributed by atoms with Gasteiger partial charge in [-0.3, -0.25) is 4.79 Å². The zero-order valence-corrected chi connectivity index (χ0v) is 20.9. The number of fused-ring (bicyclic) bond motifs is 1. The molecule has 0 bridgehead atoms. The molecule has 1 aliphatic rings. The summed E-state index contributed by atoms with van der Waals surface area (Å²) < 4.78 is 3.04. The van der Waals surface area contributed by atoms with Crippen LogP contribution < -0.4 is 10.2 Å². The highest BCUT2D eigenvalue weighted by Gasteiger charge is 2.28. The van der Waals surface area contributed by atoms with Gasteiger partial charge in [-0.05, 0) is 56.4 Å². The van der Waals surface area contributed by atoms with Crippen LogP contribution >= 0.6 is 11.3 Å². The van der Waals surface area contributed by atoms with E-state index in [2.05, 4.69) is 72.6 Å². The van der Waals surface area contributed by atoms with E-state index in [0.717, 1.165) is 58.2 Å². The largest absolute Gasteiger partial charge is 0.352 e. The van der Waals surface area contributed by atoms with Gasteiger partial charge in [0.25, 0.3) is 0 Å². The lowest BCUT2D eigenvalue weighted by molar-refractivity contribution is -0.125. The van der Waals surface area contributed by atoms with Crippen molar-refractivity contribution in [3.8, 4) is 5.69 Å². The number of carbonyl (C=O) groups excluding carboxylic acids is 1. The first-order valence-electron chi connectivity index (χ1n) is 12.1. The molecule has 1 N–H and O–H groups in total. The maximum atomic E-state index is 12.9. The number of nitrogens with zero attached hydrogens (tertiary/aromatic N) is 4. The van der Waals surface area contributed by atoms with Gasteiger partial charge in [0.05, 0.1) is 22.0 Å². The smallest absolute Gasteiger partial charge is 0.225 e. The predicted octanol–water partition coefficient (Wildman–Crippen LogP) is 5.19. The average molecular weight is 474 g/mol. The van der Waals surface area contributed by atoms with Gasteiger partial charge in [0.1, 0.15) is 0 Å². The van der Waals surface area contributed by atoms with Crippen LogP contribution in [0.1, 0.15) is 42.1 Å². The quantitative estimate of drug-likeness (QED) is 0.418.